The average Bonchev–Trinajstić information content (AvgIpc) is 3.37. The maximum absolute atomic E-state index is 14.2. The van der Waals surface area contributed by atoms with Gasteiger partial charge in [0, 0.05) is 38.3 Å². The molecule has 0 radical (unpaired) electrons. The van der Waals surface area contributed by atoms with Gasteiger partial charge in [-0.3, -0.25) is 14.4 Å². The number of carbonyl (C=O) groups excluding carboxylic acids is 3. The van der Waals surface area contributed by atoms with Gasteiger partial charge in [-0.15, -0.1) is 0 Å². The number of carbonyl (C=O) groups is 3. The van der Waals surface area contributed by atoms with Gasteiger partial charge in [0.2, 0.25) is 5.91 Å². The number of hydrogen-bond acceptors (Lipinski definition) is 5. The van der Waals surface area contributed by atoms with Crippen LogP contribution in [0.25, 0.3) is 0 Å². The van der Waals surface area contributed by atoms with Gasteiger partial charge in [0.25, 0.3) is 0 Å². The van der Waals surface area contributed by atoms with Crippen molar-refractivity contribution in [3.63, 3.8) is 0 Å². The Labute approximate surface area is 463 Å². The summed E-state index contributed by atoms with van der Waals surface area (Å²) in [6.45, 7) is 14.4. The summed E-state index contributed by atoms with van der Waals surface area (Å²) in [6.07, 6.45) is 58.2. The van der Waals surface area contributed by atoms with Crippen molar-refractivity contribution < 1.29 is 28.3 Å². The number of amides is 1. The Morgan fingerprint density at radius 1 is 0.338 bits per heavy atom. The summed E-state index contributed by atoms with van der Waals surface area (Å²) < 4.78 is 12.5. The second-order valence-corrected chi connectivity index (χ2v) is 24.7. The molecule has 7 nitrogen and oxygen atoms in total. The topological polar surface area (TPSA) is 72.9 Å². The maximum atomic E-state index is 14.2. The zero-order valence-corrected chi connectivity index (χ0v) is 51.6. The van der Waals surface area contributed by atoms with Gasteiger partial charge in [0.1, 0.15) is 0 Å². The monoisotopic (exact) mass is 1050 g/mol. The van der Waals surface area contributed by atoms with E-state index in [9.17, 15) is 14.4 Å². The molecule has 0 aromatic carbocycles. The second-order valence-electron chi connectivity index (χ2n) is 24.7. The molecule has 74 heavy (non-hydrogen) atoms. The Kier molecular flexibility index (Phi) is 53.5. The summed E-state index contributed by atoms with van der Waals surface area (Å²) in [5.41, 5.74) is 0. The lowest BCUT2D eigenvalue weighted by Gasteiger charge is -2.33. The quantitative estimate of drug-likeness (QED) is 0.0345. The van der Waals surface area contributed by atoms with Crippen LogP contribution in [0, 0.1) is 11.8 Å². The van der Waals surface area contributed by atoms with Crippen molar-refractivity contribution in [1.29, 1.82) is 0 Å². The van der Waals surface area contributed by atoms with Crippen molar-refractivity contribution in [2.45, 2.75) is 355 Å². The third-order valence-corrected chi connectivity index (χ3v) is 16.3. The van der Waals surface area contributed by atoms with Crippen LogP contribution in [-0.2, 0) is 23.9 Å². The largest absolute Gasteiger partial charge is 0.466 e. The first kappa shape index (κ1) is 72.4. The fourth-order valence-electron chi connectivity index (χ4n) is 11.2. The molecular formula is C67H133N2O5+. The highest BCUT2D eigenvalue weighted by Gasteiger charge is 2.24. The van der Waals surface area contributed by atoms with Crippen LogP contribution in [0.3, 0.4) is 0 Å². The standard InChI is InChI=1S/C67H133N2O5/c1-9-14-19-24-25-26-32-41-51-64(52-42-34-35-44-55-67(72)74-61-57-63(49-39-30-22-17-12-4)50-40-31-23-18-13-5)68(65(70)53-46-59-69(6,7)8)58-45-36-27-33-43-54-66(71)73-60-56-62(47-37-28-20-15-10-2)48-38-29-21-16-11-3/h62-64H,9-61H2,1-8H3/q+1. The fraction of sp³-hybridized carbons (Fsp3) is 0.955. The summed E-state index contributed by atoms with van der Waals surface area (Å²) in [4.78, 5) is 42.2. The van der Waals surface area contributed by atoms with Crippen LogP contribution in [0.1, 0.15) is 349 Å². The highest BCUT2D eigenvalue weighted by Crippen LogP contribution is 2.25. The van der Waals surface area contributed by atoms with Crippen molar-refractivity contribution in [2.24, 2.45) is 11.8 Å². The van der Waals surface area contributed by atoms with E-state index >= 15 is 0 Å². The van der Waals surface area contributed by atoms with Crippen LogP contribution in [0.5, 0.6) is 0 Å². The molecule has 0 aliphatic carbocycles. The Morgan fingerprint density at radius 3 is 0.973 bits per heavy atom. The summed E-state index contributed by atoms with van der Waals surface area (Å²) in [5.74, 6) is 1.69. The number of esters is 2. The van der Waals surface area contributed by atoms with Gasteiger partial charge >= 0.3 is 11.9 Å². The van der Waals surface area contributed by atoms with E-state index in [0.717, 1.165) is 107 Å². The van der Waals surface area contributed by atoms with Crippen molar-refractivity contribution in [2.75, 3.05) is 47.4 Å². The maximum Gasteiger partial charge on any atom is 0.305 e. The molecule has 0 heterocycles. The van der Waals surface area contributed by atoms with Crippen LogP contribution in [0.15, 0.2) is 0 Å². The summed E-state index contributed by atoms with van der Waals surface area (Å²) in [6, 6.07) is 0.291. The van der Waals surface area contributed by atoms with E-state index in [2.05, 4.69) is 60.7 Å². The lowest BCUT2D eigenvalue weighted by atomic mass is 9.92. The van der Waals surface area contributed by atoms with E-state index in [1.165, 1.54) is 205 Å². The van der Waals surface area contributed by atoms with Crippen LogP contribution >= 0.6 is 0 Å². The van der Waals surface area contributed by atoms with E-state index in [4.69, 9.17) is 9.47 Å². The summed E-state index contributed by atoms with van der Waals surface area (Å²) >= 11 is 0. The van der Waals surface area contributed by atoms with E-state index in [0.29, 0.717) is 56.3 Å². The first-order chi connectivity index (χ1) is 36.0. The molecule has 0 aliphatic heterocycles. The molecule has 0 saturated carbocycles. The lowest BCUT2D eigenvalue weighted by Crippen LogP contribution is -2.42. The van der Waals surface area contributed by atoms with Crippen molar-refractivity contribution >= 4 is 17.8 Å². The Hall–Kier alpha value is -1.63. The van der Waals surface area contributed by atoms with Crippen LogP contribution in [-0.4, -0.2) is 80.7 Å². The normalized spacial score (nSPS) is 12.3. The minimum absolute atomic E-state index is 0.0151. The SMILES string of the molecule is CCCCCCCCCCC(CCCCCCC(=O)OCCC(CCCCCCC)CCCCCCC)N(CCCCCCCC(=O)OCCC(CCCCCCC)CCCCCCC)C(=O)CCC[N+](C)(C)C. The number of rotatable bonds is 59. The predicted octanol–water partition coefficient (Wildman–Crippen LogP) is 20.4. The van der Waals surface area contributed by atoms with E-state index in [1.807, 2.05) is 0 Å². The van der Waals surface area contributed by atoms with Crippen molar-refractivity contribution in [3.8, 4) is 0 Å². The number of nitrogens with zero attached hydrogens (tertiary/aromatic N) is 2. The molecule has 1 amide bonds. The third kappa shape index (κ3) is 49.9. The molecule has 1 atom stereocenters. The molecule has 0 aliphatic rings. The molecule has 0 aromatic heterocycles. The molecule has 0 rings (SSSR count). The van der Waals surface area contributed by atoms with Gasteiger partial charge in [-0.05, 0) is 56.8 Å². The lowest BCUT2D eigenvalue weighted by molar-refractivity contribution is -0.870. The van der Waals surface area contributed by atoms with Crippen LogP contribution in [0.2, 0.25) is 0 Å². The van der Waals surface area contributed by atoms with Gasteiger partial charge in [0.15, 0.2) is 0 Å². The Morgan fingerprint density at radius 2 is 0.635 bits per heavy atom. The Bertz CT molecular complexity index is 1170. The molecule has 0 spiro atoms. The van der Waals surface area contributed by atoms with Crippen LogP contribution in [0.4, 0.5) is 0 Å². The number of hydrogen-bond donors (Lipinski definition) is 0. The van der Waals surface area contributed by atoms with Crippen molar-refractivity contribution in [1.82, 2.24) is 4.90 Å². The molecule has 0 bridgehead atoms. The smallest absolute Gasteiger partial charge is 0.305 e. The van der Waals surface area contributed by atoms with Gasteiger partial charge < -0.3 is 18.9 Å². The van der Waals surface area contributed by atoms with Gasteiger partial charge in [-0.2, -0.15) is 0 Å². The minimum Gasteiger partial charge on any atom is -0.466 e. The zero-order valence-electron chi connectivity index (χ0n) is 51.6. The van der Waals surface area contributed by atoms with Gasteiger partial charge in [-0.1, -0.05) is 279 Å². The van der Waals surface area contributed by atoms with E-state index < -0.39 is 0 Å². The molecule has 0 saturated heterocycles. The fourth-order valence-corrected chi connectivity index (χ4v) is 11.2. The van der Waals surface area contributed by atoms with E-state index in [1.54, 1.807) is 0 Å². The first-order valence-corrected chi connectivity index (χ1v) is 33.4. The molecule has 7 heteroatoms. The summed E-state index contributed by atoms with van der Waals surface area (Å²) in [7, 11) is 6.67. The highest BCUT2D eigenvalue weighted by atomic mass is 16.5. The summed E-state index contributed by atoms with van der Waals surface area (Å²) in [5, 5.41) is 0. The molecule has 0 fully saturated rings. The average molecular weight is 1050 g/mol. The highest BCUT2D eigenvalue weighted by molar-refractivity contribution is 5.76. The predicted molar refractivity (Wildman–Crippen MR) is 322 cm³/mol. The molecular weight excluding hydrogens is 913 g/mol. The van der Waals surface area contributed by atoms with Gasteiger partial charge in [-0.25, -0.2) is 0 Å². The number of unbranched alkanes of at least 4 members (excludes halogenated alkanes) is 30. The molecule has 0 N–H and O–H groups in total. The molecule has 0 aromatic rings. The minimum atomic E-state index is -0.0186. The number of ether oxygens (including phenoxy) is 2. The molecule has 440 valence electrons. The van der Waals surface area contributed by atoms with E-state index in [-0.39, 0.29) is 11.9 Å². The van der Waals surface area contributed by atoms with Gasteiger partial charge in [0.05, 0.1) is 40.9 Å². The van der Waals surface area contributed by atoms with Crippen LogP contribution < -0.4 is 0 Å². The second kappa shape index (κ2) is 54.7. The number of quaternary nitrogens is 1. The van der Waals surface area contributed by atoms with Crippen molar-refractivity contribution in [3.05, 3.63) is 0 Å². The first-order valence-electron chi connectivity index (χ1n) is 33.4. The Balaban J connectivity index is 5.22. The zero-order chi connectivity index (χ0) is 54.4. The third-order valence-electron chi connectivity index (χ3n) is 16.3. The molecule has 1 unspecified atom stereocenters.